The van der Waals surface area contributed by atoms with Crippen LogP contribution in [0.4, 0.5) is 4.39 Å². The molecular weight excluding hydrogens is 353 g/mol. The van der Waals surface area contributed by atoms with Gasteiger partial charge >= 0.3 is 0 Å². The van der Waals surface area contributed by atoms with Crippen molar-refractivity contribution in [3.63, 3.8) is 0 Å². The van der Waals surface area contributed by atoms with Crippen LogP contribution in [0.5, 0.6) is 5.75 Å². The maximum absolute atomic E-state index is 13.8. The van der Waals surface area contributed by atoms with Crippen LogP contribution >= 0.6 is 11.8 Å². The summed E-state index contributed by atoms with van der Waals surface area (Å²) in [5.74, 6) is -0.326. The molecule has 0 unspecified atom stereocenters. The van der Waals surface area contributed by atoms with E-state index in [0.717, 1.165) is 0 Å². The first kappa shape index (κ1) is 17.7. The maximum Gasteiger partial charge on any atom is 0.270 e. The Morgan fingerprint density at radius 3 is 2.69 bits per heavy atom. The lowest BCUT2D eigenvalue weighted by Crippen LogP contribution is -2.15. The van der Waals surface area contributed by atoms with Gasteiger partial charge in [0.25, 0.3) is 5.56 Å². The number of hydrogen-bond donors (Lipinski definition) is 1. The summed E-state index contributed by atoms with van der Waals surface area (Å²) in [7, 11) is 0. The van der Waals surface area contributed by atoms with Crippen LogP contribution in [0.3, 0.4) is 0 Å². The van der Waals surface area contributed by atoms with Crippen LogP contribution in [-0.4, -0.2) is 16.2 Å². The summed E-state index contributed by atoms with van der Waals surface area (Å²) in [6.07, 6.45) is 1.78. The van der Waals surface area contributed by atoms with Crippen molar-refractivity contribution < 1.29 is 9.13 Å². The first-order valence-corrected chi connectivity index (χ1v) is 8.90. The molecule has 0 atom stereocenters. The van der Waals surface area contributed by atoms with Crippen LogP contribution in [-0.2, 0) is 6.61 Å². The van der Waals surface area contributed by atoms with Gasteiger partial charge in [-0.15, -0.1) is 0 Å². The van der Waals surface area contributed by atoms with Crippen molar-refractivity contribution >= 4 is 11.8 Å². The molecule has 0 aliphatic rings. The van der Waals surface area contributed by atoms with Gasteiger partial charge < -0.3 is 9.72 Å². The molecule has 0 saturated carbocycles. The molecule has 0 bridgehead atoms. The minimum absolute atomic E-state index is 0.0684. The summed E-state index contributed by atoms with van der Waals surface area (Å²) in [4.78, 5) is 19.1. The Hall–Kier alpha value is -3.11. The normalized spacial score (nSPS) is 10.3. The number of hydrogen-bond acceptors (Lipinski definition) is 5. The monoisotopic (exact) mass is 367 g/mol. The van der Waals surface area contributed by atoms with E-state index in [4.69, 9.17) is 4.74 Å². The van der Waals surface area contributed by atoms with Gasteiger partial charge in [0, 0.05) is 5.56 Å². The zero-order chi connectivity index (χ0) is 18.5. The van der Waals surface area contributed by atoms with Crippen molar-refractivity contribution in [2.75, 3.05) is 6.26 Å². The highest BCUT2D eigenvalue weighted by Crippen LogP contribution is 2.26. The van der Waals surface area contributed by atoms with E-state index in [1.807, 2.05) is 6.07 Å². The van der Waals surface area contributed by atoms with E-state index in [2.05, 4.69) is 9.97 Å². The average molecular weight is 367 g/mol. The van der Waals surface area contributed by atoms with Crippen LogP contribution in [0.25, 0.3) is 11.3 Å². The second-order valence-corrected chi connectivity index (χ2v) is 6.08. The zero-order valence-corrected chi connectivity index (χ0v) is 14.6. The Morgan fingerprint density at radius 2 is 1.96 bits per heavy atom. The third kappa shape index (κ3) is 3.60. The smallest absolute Gasteiger partial charge is 0.270 e. The molecule has 26 heavy (non-hydrogen) atoms. The van der Waals surface area contributed by atoms with Crippen LogP contribution in [0.2, 0.25) is 0 Å². The Morgan fingerprint density at radius 1 is 1.23 bits per heavy atom. The zero-order valence-electron chi connectivity index (χ0n) is 13.8. The van der Waals surface area contributed by atoms with Crippen LogP contribution in [0.1, 0.15) is 11.1 Å². The quantitative estimate of drug-likeness (QED) is 0.549. The predicted octanol–water partition coefficient (Wildman–Crippen LogP) is 3.75. The molecule has 0 fully saturated rings. The van der Waals surface area contributed by atoms with Gasteiger partial charge in [-0.2, -0.15) is 5.26 Å². The molecule has 3 aromatic rings. The number of H-pyrrole nitrogens is 1. The fourth-order valence-corrected chi connectivity index (χ4v) is 2.82. The Bertz CT molecular complexity index is 1040. The second kappa shape index (κ2) is 7.85. The van der Waals surface area contributed by atoms with Crippen molar-refractivity contribution in [1.29, 1.82) is 5.26 Å². The molecular formula is C19H14FN3O2S. The summed E-state index contributed by atoms with van der Waals surface area (Å²) in [5.41, 5.74) is 1.01. The van der Waals surface area contributed by atoms with Crippen molar-refractivity contribution in [1.82, 2.24) is 9.97 Å². The van der Waals surface area contributed by atoms with Crippen molar-refractivity contribution in [2.45, 2.75) is 11.8 Å². The molecule has 1 aromatic heterocycles. The lowest BCUT2D eigenvalue weighted by atomic mass is 10.0. The molecule has 1 heterocycles. The molecule has 5 nitrogen and oxygen atoms in total. The highest BCUT2D eigenvalue weighted by atomic mass is 32.2. The maximum atomic E-state index is 13.8. The Kier molecular flexibility index (Phi) is 5.34. The Labute approximate surface area is 153 Å². The van der Waals surface area contributed by atoms with Gasteiger partial charge in [-0.3, -0.25) is 4.79 Å². The van der Waals surface area contributed by atoms with E-state index in [9.17, 15) is 14.4 Å². The van der Waals surface area contributed by atoms with Gasteiger partial charge in [0.05, 0.1) is 5.69 Å². The number of benzene rings is 2. The molecule has 1 N–H and O–H groups in total. The third-order valence-electron chi connectivity index (χ3n) is 3.70. The van der Waals surface area contributed by atoms with E-state index in [1.165, 1.54) is 23.9 Å². The van der Waals surface area contributed by atoms with Gasteiger partial charge in [0.1, 0.15) is 18.2 Å². The van der Waals surface area contributed by atoms with E-state index >= 15 is 0 Å². The molecule has 0 radical (unpaired) electrons. The van der Waals surface area contributed by atoms with E-state index < -0.39 is 11.4 Å². The number of aromatic amines is 1. The third-order valence-corrected chi connectivity index (χ3v) is 4.28. The number of halogens is 1. The van der Waals surface area contributed by atoms with Gasteiger partial charge in [-0.25, -0.2) is 9.37 Å². The summed E-state index contributed by atoms with van der Waals surface area (Å²) < 4.78 is 19.3. The van der Waals surface area contributed by atoms with Gasteiger partial charge in [-0.1, -0.05) is 48.2 Å². The van der Waals surface area contributed by atoms with Crippen LogP contribution in [0.15, 0.2) is 58.5 Å². The van der Waals surface area contributed by atoms with E-state index in [-0.39, 0.29) is 23.6 Å². The van der Waals surface area contributed by atoms with Gasteiger partial charge in [0.15, 0.2) is 16.7 Å². The Balaban J connectivity index is 2.03. The van der Waals surface area contributed by atoms with Crippen molar-refractivity contribution in [2.24, 2.45) is 0 Å². The first-order chi connectivity index (χ1) is 12.6. The molecule has 0 saturated heterocycles. The molecule has 3 rings (SSSR count). The molecule has 2 aromatic carbocycles. The number of nitriles is 1. The largest absolute Gasteiger partial charge is 0.486 e. The molecule has 0 aliphatic heterocycles. The number of nitrogens with zero attached hydrogens (tertiary/aromatic N) is 2. The average Bonchev–Trinajstić information content (AvgIpc) is 2.67. The summed E-state index contributed by atoms with van der Waals surface area (Å²) >= 11 is 1.27. The number of ether oxygens (including phenoxy) is 1. The molecule has 0 aliphatic carbocycles. The SMILES string of the molecule is CSc1nc(-c2ccccc2COc2ccccc2F)c(C#N)c(=O)[nH]1. The van der Waals surface area contributed by atoms with Gasteiger partial charge in [-0.05, 0) is 24.0 Å². The topological polar surface area (TPSA) is 78.8 Å². The molecule has 0 spiro atoms. The van der Waals surface area contributed by atoms with Crippen molar-refractivity contribution in [3.8, 4) is 23.1 Å². The highest BCUT2D eigenvalue weighted by Gasteiger charge is 2.16. The van der Waals surface area contributed by atoms with Crippen LogP contribution in [0, 0.1) is 17.1 Å². The van der Waals surface area contributed by atoms with E-state index in [1.54, 1.807) is 42.7 Å². The molecule has 130 valence electrons. The van der Waals surface area contributed by atoms with Gasteiger partial charge in [0.2, 0.25) is 0 Å². The van der Waals surface area contributed by atoms with Crippen LogP contribution < -0.4 is 10.3 Å². The standard InChI is InChI=1S/C19H14FN3O2S/c1-26-19-22-17(14(10-21)18(24)23-19)13-7-3-2-6-12(13)11-25-16-9-5-4-8-15(16)20/h2-9H,11H2,1H3,(H,22,23,24). The number of aromatic nitrogens is 2. The highest BCUT2D eigenvalue weighted by molar-refractivity contribution is 7.98. The summed E-state index contributed by atoms with van der Waals surface area (Å²) in [6, 6.07) is 15.2. The fourth-order valence-electron chi connectivity index (χ4n) is 2.44. The lowest BCUT2D eigenvalue weighted by molar-refractivity contribution is 0.291. The summed E-state index contributed by atoms with van der Waals surface area (Å²) in [5, 5.41) is 9.77. The minimum atomic E-state index is -0.494. The number of thioether (sulfide) groups is 1. The predicted molar refractivity (Wildman–Crippen MR) is 97.5 cm³/mol. The number of nitrogens with one attached hydrogen (secondary N) is 1. The number of para-hydroxylation sites is 1. The fraction of sp³-hybridized carbons (Fsp3) is 0.105. The summed E-state index contributed by atoms with van der Waals surface area (Å²) in [6.45, 7) is 0.0745. The van der Waals surface area contributed by atoms with Crippen molar-refractivity contribution in [3.05, 3.63) is 75.8 Å². The first-order valence-electron chi connectivity index (χ1n) is 7.68. The lowest BCUT2D eigenvalue weighted by Gasteiger charge is -2.12. The minimum Gasteiger partial charge on any atom is -0.486 e. The second-order valence-electron chi connectivity index (χ2n) is 5.29. The number of rotatable bonds is 5. The van der Waals surface area contributed by atoms with E-state index in [0.29, 0.717) is 16.3 Å². The molecule has 7 heteroatoms. The molecule has 0 amide bonds.